The number of benzene rings is 1. The lowest BCUT2D eigenvalue weighted by atomic mass is 9.99. The van der Waals surface area contributed by atoms with E-state index < -0.39 is 4.92 Å². The van der Waals surface area contributed by atoms with Crippen LogP contribution in [0.5, 0.6) is 0 Å². The van der Waals surface area contributed by atoms with E-state index in [0.29, 0.717) is 17.2 Å². The number of nitrogens with one attached hydrogen (secondary N) is 1. The zero-order chi connectivity index (χ0) is 14.7. The number of anilines is 1. The highest BCUT2D eigenvalue weighted by molar-refractivity contribution is 5.95. The molecule has 1 aliphatic heterocycles. The van der Waals surface area contributed by atoms with Crippen molar-refractivity contribution in [1.29, 1.82) is 0 Å². The first-order valence-corrected chi connectivity index (χ1v) is 6.78. The molecule has 0 unspecified atom stereocenters. The maximum Gasteiger partial charge on any atom is 0.293 e. The first kappa shape index (κ1) is 14.3. The minimum atomic E-state index is -0.471. The lowest BCUT2D eigenvalue weighted by Crippen LogP contribution is -2.39. The number of nitrogens with zero attached hydrogens (tertiary/aromatic N) is 2. The number of hydrogen-bond donors (Lipinski definition) is 1. The summed E-state index contributed by atoms with van der Waals surface area (Å²) in [6.45, 7) is 3.57. The third-order valence-electron chi connectivity index (χ3n) is 3.65. The second kappa shape index (κ2) is 5.90. The lowest BCUT2D eigenvalue weighted by molar-refractivity contribution is -0.384. The Bertz CT molecular complexity index is 530. The van der Waals surface area contributed by atoms with Crippen molar-refractivity contribution < 1.29 is 9.72 Å². The van der Waals surface area contributed by atoms with Gasteiger partial charge in [0.05, 0.1) is 4.92 Å². The van der Waals surface area contributed by atoms with Crippen LogP contribution in [-0.2, 0) is 0 Å². The van der Waals surface area contributed by atoms with Crippen LogP contribution < -0.4 is 5.32 Å². The molecule has 1 N–H and O–H groups in total. The molecule has 1 aromatic carbocycles. The highest BCUT2D eigenvalue weighted by Crippen LogP contribution is 2.26. The molecule has 0 spiro atoms. The Kier molecular flexibility index (Phi) is 4.22. The number of amides is 1. The molecular weight excluding hydrogens is 258 g/mol. The minimum absolute atomic E-state index is 0.0663. The zero-order valence-corrected chi connectivity index (χ0v) is 11.8. The number of rotatable bonds is 3. The Morgan fingerprint density at radius 3 is 2.85 bits per heavy atom. The van der Waals surface area contributed by atoms with Crippen LogP contribution >= 0.6 is 0 Å². The molecule has 1 saturated heterocycles. The molecular formula is C14H19N3O3. The molecule has 108 valence electrons. The molecule has 2 rings (SSSR count). The fourth-order valence-electron chi connectivity index (χ4n) is 2.58. The Morgan fingerprint density at radius 2 is 2.25 bits per heavy atom. The number of nitro groups is 1. The molecule has 1 amide bonds. The van der Waals surface area contributed by atoms with E-state index in [1.807, 2.05) is 0 Å². The third-order valence-corrected chi connectivity index (χ3v) is 3.65. The summed E-state index contributed by atoms with van der Waals surface area (Å²) in [5.74, 6) is 0.363. The van der Waals surface area contributed by atoms with Gasteiger partial charge in [-0.05, 0) is 30.9 Å². The topological polar surface area (TPSA) is 75.5 Å². The maximum atomic E-state index is 12.4. The van der Waals surface area contributed by atoms with Gasteiger partial charge in [-0.2, -0.15) is 0 Å². The molecule has 6 nitrogen and oxygen atoms in total. The van der Waals surface area contributed by atoms with Gasteiger partial charge in [-0.15, -0.1) is 0 Å². The summed E-state index contributed by atoms with van der Waals surface area (Å²) >= 11 is 0. The van der Waals surface area contributed by atoms with Gasteiger partial charge in [0.15, 0.2) is 0 Å². The average molecular weight is 277 g/mol. The average Bonchev–Trinajstić information content (AvgIpc) is 2.45. The molecule has 0 saturated carbocycles. The second-order valence-corrected chi connectivity index (χ2v) is 5.24. The van der Waals surface area contributed by atoms with Gasteiger partial charge in [0.25, 0.3) is 11.6 Å². The summed E-state index contributed by atoms with van der Waals surface area (Å²) in [7, 11) is 1.62. The quantitative estimate of drug-likeness (QED) is 0.680. The molecule has 0 radical (unpaired) electrons. The van der Waals surface area contributed by atoms with Crippen molar-refractivity contribution >= 4 is 17.3 Å². The van der Waals surface area contributed by atoms with Crippen LogP contribution in [0.25, 0.3) is 0 Å². The largest absolute Gasteiger partial charge is 0.383 e. The zero-order valence-electron chi connectivity index (χ0n) is 11.8. The van der Waals surface area contributed by atoms with E-state index in [1.54, 1.807) is 24.1 Å². The third kappa shape index (κ3) is 2.89. The monoisotopic (exact) mass is 277 g/mol. The first-order chi connectivity index (χ1) is 9.52. The van der Waals surface area contributed by atoms with Crippen molar-refractivity contribution in [3.63, 3.8) is 0 Å². The van der Waals surface area contributed by atoms with Crippen LogP contribution in [0.1, 0.15) is 30.1 Å². The number of carbonyl (C=O) groups excluding carboxylic acids is 1. The van der Waals surface area contributed by atoms with Crippen molar-refractivity contribution in [3.05, 3.63) is 33.9 Å². The Hall–Kier alpha value is -2.11. The fraction of sp³-hybridized carbons (Fsp3) is 0.500. The predicted octanol–water partition coefficient (Wildman–Crippen LogP) is 2.51. The molecule has 0 aromatic heterocycles. The molecule has 1 aromatic rings. The molecule has 6 heteroatoms. The van der Waals surface area contributed by atoms with Crippen molar-refractivity contribution in [2.45, 2.75) is 19.8 Å². The van der Waals surface area contributed by atoms with Gasteiger partial charge in [-0.1, -0.05) is 6.92 Å². The van der Waals surface area contributed by atoms with E-state index in [4.69, 9.17) is 0 Å². The normalized spacial score (nSPS) is 18.7. The summed E-state index contributed by atoms with van der Waals surface area (Å²) in [5, 5.41) is 13.8. The van der Waals surface area contributed by atoms with Gasteiger partial charge < -0.3 is 10.2 Å². The van der Waals surface area contributed by atoms with E-state index in [9.17, 15) is 14.9 Å². The Balaban J connectivity index is 2.26. The van der Waals surface area contributed by atoms with Crippen molar-refractivity contribution in [2.75, 3.05) is 25.5 Å². The summed E-state index contributed by atoms with van der Waals surface area (Å²) in [4.78, 5) is 24.7. The Labute approximate surface area is 117 Å². The van der Waals surface area contributed by atoms with E-state index in [2.05, 4.69) is 12.2 Å². The van der Waals surface area contributed by atoms with Gasteiger partial charge in [0.2, 0.25) is 0 Å². The van der Waals surface area contributed by atoms with Crippen molar-refractivity contribution in [3.8, 4) is 0 Å². The van der Waals surface area contributed by atoms with Crippen LogP contribution in [0.15, 0.2) is 18.2 Å². The number of hydrogen-bond acceptors (Lipinski definition) is 4. The highest BCUT2D eigenvalue weighted by Gasteiger charge is 2.24. The summed E-state index contributed by atoms with van der Waals surface area (Å²) < 4.78 is 0. The van der Waals surface area contributed by atoms with Crippen molar-refractivity contribution in [1.82, 2.24) is 4.90 Å². The van der Waals surface area contributed by atoms with Crippen LogP contribution in [0.2, 0.25) is 0 Å². The summed E-state index contributed by atoms with van der Waals surface area (Å²) in [6, 6.07) is 4.58. The fourth-order valence-corrected chi connectivity index (χ4v) is 2.58. The van der Waals surface area contributed by atoms with Gasteiger partial charge in [0, 0.05) is 31.8 Å². The number of nitro benzene ring substituents is 1. The van der Waals surface area contributed by atoms with Gasteiger partial charge in [-0.25, -0.2) is 0 Å². The van der Waals surface area contributed by atoms with Crippen LogP contribution in [-0.4, -0.2) is 35.9 Å². The van der Waals surface area contributed by atoms with E-state index in [0.717, 1.165) is 25.9 Å². The van der Waals surface area contributed by atoms with E-state index in [1.165, 1.54) is 6.07 Å². The minimum Gasteiger partial charge on any atom is -0.383 e. The van der Waals surface area contributed by atoms with Gasteiger partial charge in [0.1, 0.15) is 5.69 Å². The van der Waals surface area contributed by atoms with E-state index >= 15 is 0 Å². The molecule has 0 aliphatic carbocycles. The molecule has 1 fully saturated rings. The molecule has 1 heterocycles. The Morgan fingerprint density at radius 1 is 1.50 bits per heavy atom. The molecule has 0 bridgehead atoms. The lowest BCUT2D eigenvalue weighted by Gasteiger charge is -2.31. The molecule has 1 atom stereocenters. The number of piperidine rings is 1. The van der Waals surface area contributed by atoms with E-state index in [-0.39, 0.29) is 11.6 Å². The molecule has 1 aliphatic rings. The van der Waals surface area contributed by atoms with Crippen molar-refractivity contribution in [2.24, 2.45) is 5.92 Å². The van der Waals surface area contributed by atoms with Crippen LogP contribution in [0.3, 0.4) is 0 Å². The number of likely N-dealkylation sites (tertiary alicyclic amines) is 1. The summed E-state index contributed by atoms with van der Waals surface area (Å²) in [6.07, 6.45) is 2.12. The standard InChI is InChI=1S/C14H19N3O3/c1-10-4-3-7-16(9-10)14(18)11-5-6-12(15-2)13(8-11)17(19)20/h5-6,8,10,15H,3-4,7,9H2,1-2H3/t10-/m1/s1. The summed E-state index contributed by atoms with van der Waals surface area (Å²) in [5.41, 5.74) is 0.728. The van der Waals surface area contributed by atoms with Crippen LogP contribution in [0, 0.1) is 16.0 Å². The highest BCUT2D eigenvalue weighted by atomic mass is 16.6. The number of carbonyl (C=O) groups is 1. The second-order valence-electron chi connectivity index (χ2n) is 5.24. The molecule has 20 heavy (non-hydrogen) atoms. The predicted molar refractivity (Wildman–Crippen MR) is 76.9 cm³/mol. The first-order valence-electron chi connectivity index (χ1n) is 6.78. The smallest absolute Gasteiger partial charge is 0.293 e. The van der Waals surface area contributed by atoms with Gasteiger partial charge >= 0.3 is 0 Å². The van der Waals surface area contributed by atoms with Crippen LogP contribution in [0.4, 0.5) is 11.4 Å². The van der Waals surface area contributed by atoms with Gasteiger partial charge in [-0.3, -0.25) is 14.9 Å². The SMILES string of the molecule is CNc1ccc(C(=O)N2CCC[C@@H](C)C2)cc1[N+](=O)[O-]. The maximum absolute atomic E-state index is 12.4.